The summed E-state index contributed by atoms with van der Waals surface area (Å²) in [5.41, 5.74) is 1.21. The van der Waals surface area contributed by atoms with Crippen LogP contribution in [-0.4, -0.2) is 45.6 Å². The van der Waals surface area contributed by atoms with Crippen molar-refractivity contribution in [1.29, 1.82) is 0 Å². The van der Waals surface area contributed by atoms with Gasteiger partial charge >= 0.3 is 6.03 Å². The molecule has 1 fully saturated rings. The maximum Gasteiger partial charge on any atom is 0.323 e. The van der Waals surface area contributed by atoms with Gasteiger partial charge in [-0.1, -0.05) is 22.9 Å². The summed E-state index contributed by atoms with van der Waals surface area (Å²) in [5, 5.41) is 10.5. The Morgan fingerprint density at radius 3 is 2.88 bits per heavy atom. The number of anilines is 1. The number of likely N-dealkylation sites (tertiary alicyclic amines) is 1. The first-order valence-corrected chi connectivity index (χ1v) is 8.22. The summed E-state index contributed by atoms with van der Waals surface area (Å²) in [6.45, 7) is 4.13. The minimum Gasteiger partial charge on any atom is -0.493 e. The Morgan fingerprint density at radius 1 is 1.38 bits per heavy atom. The highest BCUT2D eigenvalue weighted by Gasteiger charge is 2.24. The van der Waals surface area contributed by atoms with Crippen LogP contribution in [0.4, 0.5) is 10.6 Å². The molecule has 1 aliphatic rings. The highest BCUT2D eigenvalue weighted by molar-refractivity contribution is 5.88. The molecule has 1 aliphatic heterocycles. The van der Waals surface area contributed by atoms with E-state index in [0.29, 0.717) is 24.9 Å². The Hall–Kier alpha value is -2.57. The van der Waals surface area contributed by atoms with Crippen molar-refractivity contribution in [2.45, 2.75) is 19.8 Å². The summed E-state index contributed by atoms with van der Waals surface area (Å²) >= 11 is 0. The summed E-state index contributed by atoms with van der Waals surface area (Å²) in [7, 11) is 1.77. The first kappa shape index (κ1) is 16.3. The van der Waals surface area contributed by atoms with Gasteiger partial charge in [-0.3, -0.25) is 10.00 Å². The standard InChI is InChI=1S/C17H23N5O2/c1-13-5-7-15(8-6-13)24-12-14-4-3-9-22(10-14)17(23)18-16-11-21(2)20-19-16/h5-8,11,14H,3-4,9-10,12H2,1-2H3,(H,18,23). The minimum absolute atomic E-state index is 0.129. The van der Waals surface area contributed by atoms with Crippen LogP contribution in [0.3, 0.4) is 0 Å². The number of hydrogen-bond donors (Lipinski definition) is 1. The van der Waals surface area contributed by atoms with E-state index in [1.54, 1.807) is 17.9 Å². The SMILES string of the molecule is Cc1ccc(OCC2CCCN(C(=O)Nc3cn(C)nn3)C2)cc1. The highest BCUT2D eigenvalue weighted by atomic mass is 16.5. The second-order valence-electron chi connectivity index (χ2n) is 6.29. The number of amides is 2. The molecule has 0 spiro atoms. The molecule has 1 aromatic heterocycles. The molecule has 2 amide bonds. The van der Waals surface area contributed by atoms with Gasteiger partial charge in [0, 0.05) is 26.1 Å². The zero-order valence-electron chi connectivity index (χ0n) is 14.1. The van der Waals surface area contributed by atoms with Gasteiger partial charge in [-0.05, 0) is 31.9 Å². The summed E-state index contributed by atoms with van der Waals surface area (Å²) in [6.07, 6.45) is 3.73. The molecule has 0 aliphatic carbocycles. The lowest BCUT2D eigenvalue weighted by molar-refractivity contribution is 0.145. The molecule has 1 unspecified atom stereocenters. The summed E-state index contributed by atoms with van der Waals surface area (Å²) in [4.78, 5) is 14.2. The molecule has 0 bridgehead atoms. The van der Waals surface area contributed by atoms with Gasteiger partial charge in [-0.15, -0.1) is 5.10 Å². The van der Waals surface area contributed by atoms with Crippen LogP contribution in [0.1, 0.15) is 18.4 Å². The van der Waals surface area contributed by atoms with Gasteiger partial charge in [0.2, 0.25) is 0 Å². The molecule has 1 atom stereocenters. The number of benzene rings is 1. The Balaban J connectivity index is 1.50. The van der Waals surface area contributed by atoms with Gasteiger partial charge < -0.3 is 9.64 Å². The predicted octanol–water partition coefficient (Wildman–Crippen LogP) is 2.45. The average molecular weight is 329 g/mol. The van der Waals surface area contributed by atoms with Crippen molar-refractivity contribution < 1.29 is 9.53 Å². The number of carbonyl (C=O) groups excluding carboxylic acids is 1. The number of aromatic nitrogens is 3. The fourth-order valence-electron chi connectivity index (χ4n) is 2.83. The number of nitrogens with zero attached hydrogens (tertiary/aromatic N) is 4. The van der Waals surface area contributed by atoms with Crippen molar-refractivity contribution in [3.63, 3.8) is 0 Å². The van der Waals surface area contributed by atoms with Gasteiger partial charge in [0.1, 0.15) is 5.75 Å². The summed E-state index contributed by atoms with van der Waals surface area (Å²) < 4.78 is 7.43. The molecule has 0 saturated carbocycles. The predicted molar refractivity (Wildman–Crippen MR) is 91.0 cm³/mol. The third-order valence-electron chi connectivity index (χ3n) is 4.15. The van der Waals surface area contributed by atoms with Crippen LogP contribution in [0.25, 0.3) is 0 Å². The lowest BCUT2D eigenvalue weighted by Crippen LogP contribution is -2.43. The zero-order chi connectivity index (χ0) is 16.9. The van der Waals surface area contributed by atoms with E-state index in [1.807, 2.05) is 29.2 Å². The van der Waals surface area contributed by atoms with Crippen molar-refractivity contribution in [1.82, 2.24) is 19.9 Å². The molecular formula is C17H23N5O2. The van der Waals surface area contributed by atoms with Crippen LogP contribution < -0.4 is 10.1 Å². The van der Waals surface area contributed by atoms with E-state index in [4.69, 9.17) is 4.74 Å². The number of urea groups is 1. The smallest absolute Gasteiger partial charge is 0.323 e. The highest BCUT2D eigenvalue weighted by Crippen LogP contribution is 2.20. The molecule has 1 aromatic carbocycles. The Bertz CT molecular complexity index is 683. The fraction of sp³-hybridized carbons (Fsp3) is 0.471. The van der Waals surface area contributed by atoms with Crippen molar-refractivity contribution in [2.24, 2.45) is 13.0 Å². The molecule has 128 valence electrons. The van der Waals surface area contributed by atoms with E-state index in [9.17, 15) is 4.79 Å². The molecule has 1 saturated heterocycles. The summed E-state index contributed by atoms with van der Waals surface area (Å²) in [6, 6.07) is 7.91. The van der Waals surface area contributed by atoms with Crippen LogP contribution in [-0.2, 0) is 7.05 Å². The third-order valence-corrected chi connectivity index (χ3v) is 4.15. The monoisotopic (exact) mass is 329 g/mol. The molecular weight excluding hydrogens is 306 g/mol. The zero-order valence-corrected chi connectivity index (χ0v) is 14.1. The van der Waals surface area contributed by atoms with E-state index in [2.05, 4.69) is 22.6 Å². The van der Waals surface area contributed by atoms with Crippen LogP contribution in [0.5, 0.6) is 5.75 Å². The Kier molecular flexibility index (Phi) is 4.98. The number of aryl methyl sites for hydroxylation is 2. The van der Waals surface area contributed by atoms with Crippen molar-refractivity contribution in [2.75, 3.05) is 25.0 Å². The molecule has 1 N–H and O–H groups in total. The molecule has 2 aromatic rings. The van der Waals surface area contributed by atoms with Crippen LogP contribution >= 0.6 is 0 Å². The average Bonchev–Trinajstić information content (AvgIpc) is 2.99. The molecule has 7 heteroatoms. The van der Waals surface area contributed by atoms with Crippen LogP contribution in [0.2, 0.25) is 0 Å². The van der Waals surface area contributed by atoms with Crippen molar-refractivity contribution in [3.8, 4) is 5.75 Å². The van der Waals surface area contributed by atoms with Gasteiger partial charge in [-0.25, -0.2) is 4.79 Å². The molecule has 3 rings (SSSR count). The van der Waals surface area contributed by atoms with Gasteiger partial charge in [0.15, 0.2) is 5.82 Å². The minimum atomic E-state index is -0.129. The van der Waals surface area contributed by atoms with E-state index < -0.39 is 0 Å². The maximum atomic E-state index is 12.3. The molecule has 2 heterocycles. The second kappa shape index (κ2) is 7.33. The Labute approximate surface area is 141 Å². The van der Waals surface area contributed by atoms with Crippen molar-refractivity contribution >= 4 is 11.8 Å². The Morgan fingerprint density at radius 2 is 2.17 bits per heavy atom. The number of carbonyl (C=O) groups is 1. The molecule has 7 nitrogen and oxygen atoms in total. The van der Waals surface area contributed by atoms with Gasteiger partial charge in [0.25, 0.3) is 0 Å². The third kappa shape index (κ3) is 4.24. The van der Waals surface area contributed by atoms with Crippen LogP contribution in [0, 0.1) is 12.8 Å². The lowest BCUT2D eigenvalue weighted by atomic mass is 9.99. The van der Waals surface area contributed by atoms with Gasteiger partial charge in [-0.2, -0.15) is 0 Å². The lowest BCUT2D eigenvalue weighted by Gasteiger charge is -2.32. The normalized spacial score (nSPS) is 17.6. The summed E-state index contributed by atoms with van der Waals surface area (Å²) in [5.74, 6) is 1.69. The van der Waals surface area contributed by atoms with E-state index >= 15 is 0 Å². The first-order valence-electron chi connectivity index (χ1n) is 8.22. The van der Waals surface area contributed by atoms with E-state index in [0.717, 1.165) is 25.1 Å². The largest absolute Gasteiger partial charge is 0.493 e. The fourth-order valence-corrected chi connectivity index (χ4v) is 2.83. The second-order valence-corrected chi connectivity index (χ2v) is 6.29. The maximum absolute atomic E-state index is 12.3. The number of hydrogen-bond acceptors (Lipinski definition) is 4. The molecule has 24 heavy (non-hydrogen) atoms. The first-order chi connectivity index (χ1) is 11.6. The topological polar surface area (TPSA) is 72.3 Å². The van der Waals surface area contributed by atoms with Crippen molar-refractivity contribution in [3.05, 3.63) is 36.0 Å². The number of rotatable bonds is 4. The van der Waals surface area contributed by atoms with Gasteiger partial charge in [0.05, 0.1) is 12.8 Å². The van der Waals surface area contributed by atoms with Crippen LogP contribution in [0.15, 0.2) is 30.5 Å². The quantitative estimate of drug-likeness (QED) is 0.935. The van der Waals surface area contributed by atoms with E-state index in [1.165, 1.54) is 5.56 Å². The molecule has 0 radical (unpaired) electrons. The number of nitrogens with one attached hydrogen (secondary N) is 1. The van der Waals surface area contributed by atoms with E-state index in [-0.39, 0.29) is 6.03 Å². The number of ether oxygens (including phenoxy) is 1. The number of piperidine rings is 1.